The number of aromatic nitrogens is 2. The minimum atomic E-state index is 0.782. The minimum absolute atomic E-state index is 0.782. The molecule has 1 heterocycles. The van der Waals surface area contributed by atoms with Gasteiger partial charge < -0.3 is 14.6 Å². The number of rotatable bonds is 6. The van der Waals surface area contributed by atoms with Gasteiger partial charge in [0.1, 0.15) is 5.75 Å². The van der Waals surface area contributed by atoms with E-state index >= 15 is 0 Å². The molecule has 1 aromatic heterocycles. The fraction of sp³-hybridized carbons (Fsp3) is 0.400. The standard InChI is InChI=1S/C15H19Br2N3O/c1-4-5-6-20-9-10(2)18-15(20)19-13-8-14(21-3)12(17)7-11(13)16/h7-9H,4-6H2,1-3H3,(H,18,19). The van der Waals surface area contributed by atoms with Crippen molar-refractivity contribution in [1.82, 2.24) is 9.55 Å². The Kier molecular flexibility index (Phi) is 5.70. The van der Waals surface area contributed by atoms with Crippen LogP contribution in [0.5, 0.6) is 5.75 Å². The number of imidazole rings is 1. The van der Waals surface area contributed by atoms with Crippen LogP contribution in [-0.4, -0.2) is 16.7 Å². The van der Waals surface area contributed by atoms with Gasteiger partial charge in [-0.05, 0) is 51.3 Å². The Hall–Kier alpha value is -1.01. The van der Waals surface area contributed by atoms with Gasteiger partial charge in [-0.25, -0.2) is 4.98 Å². The molecule has 4 nitrogen and oxygen atoms in total. The molecule has 0 fully saturated rings. The lowest BCUT2D eigenvalue weighted by molar-refractivity contribution is 0.412. The van der Waals surface area contributed by atoms with Crippen molar-refractivity contribution < 1.29 is 4.74 Å². The van der Waals surface area contributed by atoms with Crippen LogP contribution in [0, 0.1) is 6.92 Å². The van der Waals surface area contributed by atoms with Gasteiger partial charge >= 0.3 is 0 Å². The molecular formula is C15H19Br2N3O. The van der Waals surface area contributed by atoms with Crippen LogP contribution in [0.4, 0.5) is 11.6 Å². The van der Waals surface area contributed by atoms with Gasteiger partial charge in [0.05, 0.1) is 23.0 Å². The first kappa shape index (κ1) is 16.4. The predicted octanol–water partition coefficient (Wildman–Crippen LogP) is 5.27. The van der Waals surface area contributed by atoms with Crippen LogP contribution >= 0.6 is 31.9 Å². The van der Waals surface area contributed by atoms with Crippen molar-refractivity contribution in [2.75, 3.05) is 12.4 Å². The summed E-state index contributed by atoms with van der Waals surface area (Å²) in [5, 5.41) is 3.38. The summed E-state index contributed by atoms with van der Waals surface area (Å²) in [4.78, 5) is 4.56. The largest absolute Gasteiger partial charge is 0.495 e. The maximum absolute atomic E-state index is 5.34. The number of nitrogens with one attached hydrogen (secondary N) is 1. The zero-order valence-corrected chi connectivity index (χ0v) is 15.6. The number of hydrogen-bond donors (Lipinski definition) is 1. The molecule has 2 aromatic rings. The maximum atomic E-state index is 5.34. The quantitative estimate of drug-likeness (QED) is 0.697. The van der Waals surface area contributed by atoms with E-state index in [0.717, 1.165) is 51.4 Å². The zero-order valence-electron chi connectivity index (χ0n) is 12.4. The van der Waals surface area contributed by atoms with Gasteiger partial charge in [0.25, 0.3) is 0 Å². The number of aryl methyl sites for hydroxylation is 2. The first-order chi connectivity index (χ1) is 10.0. The molecule has 0 saturated carbocycles. The average molecular weight is 417 g/mol. The minimum Gasteiger partial charge on any atom is -0.495 e. The second-order valence-electron chi connectivity index (χ2n) is 4.84. The van der Waals surface area contributed by atoms with Crippen LogP contribution in [0.3, 0.4) is 0 Å². The Morgan fingerprint density at radius 3 is 2.71 bits per heavy atom. The molecule has 114 valence electrons. The Morgan fingerprint density at radius 2 is 2.05 bits per heavy atom. The summed E-state index contributed by atoms with van der Waals surface area (Å²) in [7, 11) is 1.66. The van der Waals surface area contributed by atoms with Crippen molar-refractivity contribution in [2.24, 2.45) is 0 Å². The molecule has 0 radical (unpaired) electrons. The normalized spacial score (nSPS) is 10.7. The molecule has 0 aliphatic carbocycles. The Balaban J connectivity index is 2.29. The molecule has 0 aliphatic rings. The highest BCUT2D eigenvalue weighted by molar-refractivity contribution is 9.11. The lowest BCUT2D eigenvalue weighted by atomic mass is 10.3. The highest BCUT2D eigenvalue weighted by Crippen LogP contribution is 2.35. The molecule has 1 aromatic carbocycles. The van der Waals surface area contributed by atoms with Crippen molar-refractivity contribution in [3.63, 3.8) is 0 Å². The third-order valence-corrected chi connectivity index (χ3v) is 4.41. The number of anilines is 2. The number of methoxy groups -OCH3 is 1. The average Bonchev–Trinajstić information content (AvgIpc) is 2.79. The van der Waals surface area contributed by atoms with Crippen molar-refractivity contribution in [1.29, 1.82) is 0 Å². The van der Waals surface area contributed by atoms with Crippen molar-refractivity contribution in [2.45, 2.75) is 33.2 Å². The summed E-state index contributed by atoms with van der Waals surface area (Å²) in [6, 6.07) is 3.91. The van der Waals surface area contributed by atoms with E-state index < -0.39 is 0 Å². The highest BCUT2D eigenvalue weighted by atomic mass is 79.9. The van der Waals surface area contributed by atoms with Crippen molar-refractivity contribution in [3.8, 4) is 5.75 Å². The molecule has 0 unspecified atom stereocenters. The summed E-state index contributed by atoms with van der Waals surface area (Å²) >= 11 is 7.04. The Labute approximate surface area is 142 Å². The third kappa shape index (κ3) is 4.01. The van der Waals surface area contributed by atoms with E-state index in [4.69, 9.17) is 4.74 Å². The lowest BCUT2D eigenvalue weighted by Crippen LogP contribution is -2.04. The van der Waals surface area contributed by atoms with Gasteiger partial charge in [-0.3, -0.25) is 0 Å². The third-order valence-electron chi connectivity index (χ3n) is 3.14. The predicted molar refractivity (Wildman–Crippen MR) is 93.5 cm³/mol. The van der Waals surface area contributed by atoms with Gasteiger partial charge in [0, 0.05) is 23.3 Å². The fourth-order valence-electron chi connectivity index (χ4n) is 2.05. The van der Waals surface area contributed by atoms with E-state index in [2.05, 4.69) is 59.8 Å². The van der Waals surface area contributed by atoms with Crippen LogP contribution < -0.4 is 10.1 Å². The summed E-state index contributed by atoms with van der Waals surface area (Å²) < 4.78 is 9.36. The lowest BCUT2D eigenvalue weighted by Gasteiger charge is -2.13. The van der Waals surface area contributed by atoms with Crippen LogP contribution in [0.25, 0.3) is 0 Å². The van der Waals surface area contributed by atoms with E-state index in [1.54, 1.807) is 7.11 Å². The van der Waals surface area contributed by atoms with E-state index in [-0.39, 0.29) is 0 Å². The summed E-state index contributed by atoms with van der Waals surface area (Å²) in [5.41, 5.74) is 1.94. The summed E-state index contributed by atoms with van der Waals surface area (Å²) in [6.07, 6.45) is 4.36. The van der Waals surface area contributed by atoms with Gasteiger partial charge in [-0.2, -0.15) is 0 Å². The van der Waals surface area contributed by atoms with Crippen LogP contribution in [0.2, 0.25) is 0 Å². The van der Waals surface area contributed by atoms with Gasteiger partial charge in [-0.1, -0.05) is 13.3 Å². The molecular weight excluding hydrogens is 398 g/mol. The Bertz CT molecular complexity index is 626. The summed E-state index contributed by atoms with van der Waals surface area (Å²) in [6.45, 7) is 5.16. The summed E-state index contributed by atoms with van der Waals surface area (Å²) in [5.74, 6) is 1.63. The van der Waals surface area contributed by atoms with Crippen LogP contribution in [0.15, 0.2) is 27.3 Å². The number of halogens is 2. The topological polar surface area (TPSA) is 39.1 Å². The second-order valence-corrected chi connectivity index (χ2v) is 6.55. The highest BCUT2D eigenvalue weighted by Gasteiger charge is 2.11. The van der Waals surface area contributed by atoms with E-state index in [0.29, 0.717) is 0 Å². The Morgan fingerprint density at radius 1 is 1.29 bits per heavy atom. The number of ether oxygens (including phenoxy) is 1. The SMILES string of the molecule is CCCCn1cc(C)nc1Nc1cc(OC)c(Br)cc1Br. The number of unbranched alkanes of at least 4 members (excludes halogenated alkanes) is 1. The van der Waals surface area contributed by atoms with Gasteiger partial charge in [-0.15, -0.1) is 0 Å². The molecule has 0 bridgehead atoms. The number of benzene rings is 1. The van der Waals surface area contributed by atoms with Gasteiger partial charge in [0.15, 0.2) is 0 Å². The molecule has 0 amide bonds. The van der Waals surface area contributed by atoms with E-state index in [9.17, 15) is 0 Å². The van der Waals surface area contributed by atoms with E-state index in [1.165, 1.54) is 0 Å². The number of nitrogens with zero attached hydrogens (tertiary/aromatic N) is 2. The van der Waals surface area contributed by atoms with Crippen molar-refractivity contribution >= 4 is 43.5 Å². The smallest absolute Gasteiger partial charge is 0.207 e. The molecule has 0 atom stereocenters. The number of hydrogen-bond acceptors (Lipinski definition) is 3. The maximum Gasteiger partial charge on any atom is 0.207 e. The monoisotopic (exact) mass is 415 g/mol. The van der Waals surface area contributed by atoms with E-state index in [1.807, 2.05) is 19.1 Å². The molecule has 2 rings (SSSR count). The molecule has 1 N–H and O–H groups in total. The van der Waals surface area contributed by atoms with Crippen LogP contribution in [0.1, 0.15) is 25.5 Å². The van der Waals surface area contributed by atoms with Crippen LogP contribution in [-0.2, 0) is 6.54 Å². The zero-order chi connectivity index (χ0) is 15.4. The fourth-order valence-corrected chi connectivity index (χ4v) is 3.30. The molecule has 0 spiro atoms. The molecule has 0 aliphatic heterocycles. The first-order valence-electron chi connectivity index (χ1n) is 6.89. The molecule has 0 saturated heterocycles. The molecule has 21 heavy (non-hydrogen) atoms. The molecule has 6 heteroatoms. The first-order valence-corrected chi connectivity index (χ1v) is 8.47. The second kappa shape index (κ2) is 7.31. The van der Waals surface area contributed by atoms with Crippen molar-refractivity contribution in [3.05, 3.63) is 33.0 Å². The van der Waals surface area contributed by atoms with Gasteiger partial charge in [0.2, 0.25) is 5.95 Å².